The van der Waals surface area contributed by atoms with Gasteiger partial charge in [0.2, 0.25) is 5.91 Å². The molecular formula is C24H18N4O3S. The van der Waals surface area contributed by atoms with E-state index in [0.717, 1.165) is 31.3 Å². The van der Waals surface area contributed by atoms with Crippen LogP contribution in [-0.2, 0) is 11.3 Å². The summed E-state index contributed by atoms with van der Waals surface area (Å²) in [6.45, 7) is 0.201. The molecular weight excluding hydrogens is 424 g/mol. The van der Waals surface area contributed by atoms with Crippen molar-refractivity contribution in [2.45, 2.75) is 6.54 Å². The van der Waals surface area contributed by atoms with Crippen LogP contribution in [0.3, 0.4) is 0 Å². The van der Waals surface area contributed by atoms with Crippen LogP contribution in [0.1, 0.15) is 15.9 Å². The summed E-state index contributed by atoms with van der Waals surface area (Å²) in [4.78, 5) is 41.9. The van der Waals surface area contributed by atoms with E-state index < -0.39 is 6.03 Å². The maximum atomic E-state index is 12.7. The molecule has 8 heteroatoms. The predicted molar refractivity (Wildman–Crippen MR) is 123 cm³/mol. The Morgan fingerprint density at radius 2 is 1.84 bits per heavy atom. The highest BCUT2D eigenvalue weighted by atomic mass is 32.1. The van der Waals surface area contributed by atoms with Gasteiger partial charge in [0.15, 0.2) is 0 Å². The first-order valence-corrected chi connectivity index (χ1v) is 10.8. The van der Waals surface area contributed by atoms with E-state index in [1.807, 2.05) is 48.5 Å². The number of amides is 4. The summed E-state index contributed by atoms with van der Waals surface area (Å²) in [5.41, 5.74) is 3.82. The van der Waals surface area contributed by atoms with Crippen LogP contribution in [0.2, 0.25) is 0 Å². The van der Waals surface area contributed by atoms with Crippen LogP contribution in [0.25, 0.3) is 20.8 Å². The lowest BCUT2D eigenvalue weighted by Crippen LogP contribution is -2.30. The molecule has 0 aliphatic carbocycles. The van der Waals surface area contributed by atoms with Crippen molar-refractivity contribution in [2.75, 3.05) is 11.9 Å². The normalized spacial score (nSPS) is 13.4. The van der Waals surface area contributed by atoms with Crippen LogP contribution < -0.4 is 10.6 Å². The van der Waals surface area contributed by atoms with Crippen LogP contribution in [0.15, 0.2) is 72.8 Å². The molecule has 158 valence electrons. The topological polar surface area (TPSA) is 91.4 Å². The largest absolute Gasteiger partial charge is 0.329 e. The zero-order valence-electron chi connectivity index (χ0n) is 16.9. The molecule has 0 bridgehead atoms. The fraction of sp³-hybridized carbons (Fsp3) is 0.0833. The Hall–Kier alpha value is -4.04. The van der Waals surface area contributed by atoms with E-state index in [9.17, 15) is 14.4 Å². The summed E-state index contributed by atoms with van der Waals surface area (Å²) >= 11 is 1.61. The highest BCUT2D eigenvalue weighted by Crippen LogP contribution is 2.31. The number of urea groups is 1. The minimum Gasteiger partial charge on any atom is -0.329 e. The fourth-order valence-corrected chi connectivity index (χ4v) is 4.45. The third-order valence-electron chi connectivity index (χ3n) is 5.16. The van der Waals surface area contributed by atoms with Crippen molar-refractivity contribution < 1.29 is 14.4 Å². The maximum Gasteiger partial charge on any atom is 0.324 e. The van der Waals surface area contributed by atoms with E-state index in [4.69, 9.17) is 0 Å². The maximum absolute atomic E-state index is 12.7. The molecule has 1 saturated heterocycles. The number of nitrogens with one attached hydrogen (secondary N) is 2. The Labute approximate surface area is 187 Å². The van der Waals surface area contributed by atoms with Gasteiger partial charge in [0.1, 0.15) is 5.01 Å². The number of rotatable bonds is 5. The monoisotopic (exact) mass is 442 g/mol. The van der Waals surface area contributed by atoms with Crippen LogP contribution in [0.5, 0.6) is 0 Å². The van der Waals surface area contributed by atoms with Crippen molar-refractivity contribution >= 4 is 45.1 Å². The van der Waals surface area contributed by atoms with Crippen molar-refractivity contribution in [2.24, 2.45) is 0 Å². The van der Waals surface area contributed by atoms with Crippen LogP contribution in [0.4, 0.5) is 10.5 Å². The first kappa shape index (κ1) is 19.9. The van der Waals surface area contributed by atoms with E-state index in [1.54, 1.807) is 35.6 Å². The van der Waals surface area contributed by atoms with Gasteiger partial charge in [-0.1, -0.05) is 36.4 Å². The Bertz CT molecular complexity index is 1300. The molecule has 2 heterocycles. The summed E-state index contributed by atoms with van der Waals surface area (Å²) in [6.07, 6.45) is 0. The first-order valence-electron chi connectivity index (χ1n) is 10.0. The summed E-state index contributed by atoms with van der Waals surface area (Å²) in [5.74, 6) is -0.502. The number of imide groups is 1. The molecule has 3 aromatic carbocycles. The van der Waals surface area contributed by atoms with E-state index in [1.165, 1.54) is 0 Å². The SMILES string of the molecule is O=C(Nc1cccc(-c2nc3ccccc3s2)c1)c1ccc(CN2C(=O)CNC2=O)cc1. The highest BCUT2D eigenvalue weighted by molar-refractivity contribution is 7.21. The molecule has 0 spiro atoms. The Morgan fingerprint density at radius 1 is 1.03 bits per heavy atom. The lowest BCUT2D eigenvalue weighted by atomic mass is 10.1. The number of hydrogen-bond donors (Lipinski definition) is 2. The number of para-hydroxylation sites is 1. The number of carbonyl (C=O) groups excluding carboxylic acids is 3. The van der Waals surface area contributed by atoms with Gasteiger partial charge in [-0.25, -0.2) is 9.78 Å². The average Bonchev–Trinajstić information content (AvgIpc) is 3.38. The third-order valence-corrected chi connectivity index (χ3v) is 6.24. The van der Waals surface area contributed by atoms with Crippen LogP contribution in [0, 0.1) is 0 Å². The minimum atomic E-state index is -0.398. The van der Waals surface area contributed by atoms with E-state index in [2.05, 4.69) is 15.6 Å². The van der Waals surface area contributed by atoms with Gasteiger partial charge in [-0.2, -0.15) is 0 Å². The number of nitrogens with zero attached hydrogens (tertiary/aromatic N) is 2. The first-order chi connectivity index (χ1) is 15.6. The van der Waals surface area contributed by atoms with Crippen molar-refractivity contribution in [3.05, 3.63) is 83.9 Å². The second-order valence-electron chi connectivity index (χ2n) is 7.36. The molecule has 5 rings (SSSR count). The lowest BCUT2D eigenvalue weighted by Gasteiger charge is -2.12. The molecule has 4 aromatic rings. The molecule has 1 aliphatic heterocycles. The summed E-state index contributed by atoms with van der Waals surface area (Å²) in [5, 5.41) is 6.30. The Kier molecular flexibility index (Phi) is 5.12. The molecule has 1 aromatic heterocycles. The van der Waals surface area contributed by atoms with Crippen molar-refractivity contribution in [3.8, 4) is 10.6 Å². The molecule has 0 atom stereocenters. The molecule has 0 radical (unpaired) electrons. The third kappa shape index (κ3) is 3.95. The van der Waals surface area contributed by atoms with Crippen molar-refractivity contribution in [1.29, 1.82) is 0 Å². The van der Waals surface area contributed by atoms with Crippen molar-refractivity contribution in [3.63, 3.8) is 0 Å². The second-order valence-corrected chi connectivity index (χ2v) is 8.39. The lowest BCUT2D eigenvalue weighted by molar-refractivity contribution is -0.125. The number of hydrogen-bond acceptors (Lipinski definition) is 5. The quantitative estimate of drug-likeness (QED) is 0.452. The van der Waals surface area contributed by atoms with Crippen molar-refractivity contribution in [1.82, 2.24) is 15.2 Å². The molecule has 7 nitrogen and oxygen atoms in total. The zero-order chi connectivity index (χ0) is 22.1. The summed E-state index contributed by atoms with van der Waals surface area (Å²) in [7, 11) is 0. The van der Waals surface area contributed by atoms with Gasteiger partial charge in [-0.15, -0.1) is 11.3 Å². The van der Waals surface area contributed by atoms with E-state index >= 15 is 0 Å². The molecule has 1 aliphatic rings. The average molecular weight is 443 g/mol. The van der Waals surface area contributed by atoms with Gasteiger partial charge >= 0.3 is 6.03 Å². The van der Waals surface area contributed by atoms with Gasteiger partial charge in [-0.05, 0) is 42.0 Å². The van der Waals surface area contributed by atoms with Gasteiger partial charge in [0.25, 0.3) is 5.91 Å². The van der Waals surface area contributed by atoms with Crippen LogP contribution in [-0.4, -0.2) is 34.3 Å². The van der Waals surface area contributed by atoms with E-state index in [0.29, 0.717) is 11.3 Å². The van der Waals surface area contributed by atoms with Gasteiger partial charge in [-0.3, -0.25) is 14.5 Å². The predicted octanol–water partition coefficient (Wildman–Crippen LogP) is 4.27. The number of fused-ring (bicyclic) bond motifs is 1. The molecule has 1 fully saturated rings. The smallest absolute Gasteiger partial charge is 0.324 e. The Balaban J connectivity index is 1.29. The van der Waals surface area contributed by atoms with Gasteiger partial charge < -0.3 is 10.6 Å². The fourth-order valence-electron chi connectivity index (χ4n) is 3.49. The molecule has 32 heavy (non-hydrogen) atoms. The molecule has 0 saturated carbocycles. The second kappa shape index (κ2) is 8.24. The number of anilines is 1. The standard InChI is InChI=1S/C24H18N4O3S/c29-21-13-25-24(31)28(21)14-15-8-10-16(11-9-15)22(30)26-18-5-3-4-17(12-18)23-27-19-6-1-2-7-20(19)32-23/h1-12H,13-14H2,(H,25,31)(H,26,30). The van der Waals surface area contributed by atoms with Gasteiger partial charge in [0.05, 0.1) is 23.3 Å². The molecule has 4 amide bonds. The minimum absolute atomic E-state index is 0.0232. The van der Waals surface area contributed by atoms with Crippen LogP contribution >= 0.6 is 11.3 Å². The zero-order valence-corrected chi connectivity index (χ0v) is 17.7. The summed E-state index contributed by atoms with van der Waals surface area (Å²) < 4.78 is 1.12. The number of aromatic nitrogens is 1. The molecule has 2 N–H and O–H groups in total. The number of benzene rings is 3. The van der Waals surface area contributed by atoms with Gasteiger partial charge in [0, 0.05) is 16.8 Å². The molecule has 0 unspecified atom stereocenters. The van der Waals surface area contributed by atoms with E-state index in [-0.39, 0.29) is 24.9 Å². The Morgan fingerprint density at radius 3 is 2.59 bits per heavy atom. The number of carbonyl (C=O) groups is 3. The highest BCUT2D eigenvalue weighted by Gasteiger charge is 2.28. The number of thiazole rings is 1. The summed E-state index contributed by atoms with van der Waals surface area (Å²) in [6, 6.07) is 22.0.